The Kier molecular flexibility index (Phi) is 6.30. The Morgan fingerprint density at radius 1 is 1.40 bits per heavy atom. The van der Waals surface area contributed by atoms with Gasteiger partial charge in [0, 0.05) is 29.7 Å². The Balaban J connectivity index is 2.05. The molecule has 1 aliphatic rings. The van der Waals surface area contributed by atoms with Crippen molar-refractivity contribution in [1.82, 2.24) is 10.3 Å². The SMILES string of the molecule is CCCNC(C)c1cnc(N2CCCCCC2CC)s1. The molecular weight excluding hydrogens is 266 g/mol. The van der Waals surface area contributed by atoms with Gasteiger partial charge < -0.3 is 10.2 Å². The number of nitrogens with zero attached hydrogens (tertiary/aromatic N) is 2. The van der Waals surface area contributed by atoms with Crippen LogP contribution < -0.4 is 10.2 Å². The van der Waals surface area contributed by atoms with E-state index in [-0.39, 0.29) is 0 Å². The summed E-state index contributed by atoms with van der Waals surface area (Å²) < 4.78 is 0. The summed E-state index contributed by atoms with van der Waals surface area (Å²) in [6, 6.07) is 1.11. The van der Waals surface area contributed by atoms with Gasteiger partial charge in [0.15, 0.2) is 5.13 Å². The molecule has 1 aliphatic heterocycles. The quantitative estimate of drug-likeness (QED) is 0.845. The minimum atomic E-state index is 0.424. The molecule has 1 aromatic rings. The third kappa shape index (κ3) is 3.95. The summed E-state index contributed by atoms with van der Waals surface area (Å²) >= 11 is 1.88. The van der Waals surface area contributed by atoms with Crippen molar-refractivity contribution in [3.8, 4) is 0 Å². The maximum Gasteiger partial charge on any atom is 0.185 e. The highest BCUT2D eigenvalue weighted by atomic mass is 32.1. The first kappa shape index (κ1) is 15.8. The van der Waals surface area contributed by atoms with E-state index in [1.165, 1.54) is 55.1 Å². The van der Waals surface area contributed by atoms with Crippen LogP contribution in [0.25, 0.3) is 0 Å². The summed E-state index contributed by atoms with van der Waals surface area (Å²) in [6.45, 7) is 9.02. The minimum absolute atomic E-state index is 0.424. The van der Waals surface area contributed by atoms with Crippen LogP contribution in [-0.4, -0.2) is 24.1 Å². The Morgan fingerprint density at radius 3 is 3.00 bits per heavy atom. The van der Waals surface area contributed by atoms with Gasteiger partial charge in [-0.05, 0) is 39.2 Å². The Morgan fingerprint density at radius 2 is 2.25 bits per heavy atom. The third-order valence-corrected chi connectivity index (χ3v) is 5.45. The number of hydrogen-bond donors (Lipinski definition) is 1. The van der Waals surface area contributed by atoms with Crippen molar-refractivity contribution < 1.29 is 0 Å². The van der Waals surface area contributed by atoms with E-state index in [4.69, 9.17) is 4.98 Å². The van der Waals surface area contributed by atoms with Crippen LogP contribution in [0.4, 0.5) is 5.13 Å². The molecule has 0 saturated carbocycles. The van der Waals surface area contributed by atoms with Crippen molar-refractivity contribution in [3.05, 3.63) is 11.1 Å². The first-order valence-corrected chi connectivity index (χ1v) is 9.03. The van der Waals surface area contributed by atoms with Gasteiger partial charge in [-0.15, -0.1) is 11.3 Å². The monoisotopic (exact) mass is 295 g/mol. The molecule has 3 nitrogen and oxygen atoms in total. The average molecular weight is 295 g/mol. The van der Waals surface area contributed by atoms with Gasteiger partial charge in [0.05, 0.1) is 0 Å². The van der Waals surface area contributed by atoms with Crippen molar-refractivity contribution >= 4 is 16.5 Å². The van der Waals surface area contributed by atoms with Crippen molar-refractivity contribution in [3.63, 3.8) is 0 Å². The van der Waals surface area contributed by atoms with Crippen LogP contribution in [0, 0.1) is 0 Å². The highest BCUT2D eigenvalue weighted by molar-refractivity contribution is 7.15. The molecule has 1 N–H and O–H groups in total. The highest BCUT2D eigenvalue weighted by Gasteiger charge is 2.22. The van der Waals surface area contributed by atoms with Crippen LogP contribution in [0.15, 0.2) is 6.20 Å². The predicted molar refractivity (Wildman–Crippen MR) is 88.7 cm³/mol. The van der Waals surface area contributed by atoms with Gasteiger partial charge in [-0.25, -0.2) is 4.98 Å². The molecule has 1 fully saturated rings. The summed E-state index contributed by atoms with van der Waals surface area (Å²) in [7, 11) is 0. The van der Waals surface area contributed by atoms with Crippen LogP contribution in [0.3, 0.4) is 0 Å². The fraction of sp³-hybridized carbons (Fsp3) is 0.812. The van der Waals surface area contributed by atoms with Crippen LogP contribution in [0.2, 0.25) is 0 Å². The number of rotatable bonds is 6. The molecule has 114 valence electrons. The van der Waals surface area contributed by atoms with Crippen LogP contribution >= 0.6 is 11.3 Å². The van der Waals surface area contributed by atoms with Crippen molar-refractivity contribution in [2.45, 2.75) is 71.4 Å². The van der Waals surface area contributed by atoms with Gasteiger partial charge in [-0.2, -0.15) is 0 Å². The number of nitrogens with one attached hydrogen (secondary N) is 1. The van der Waals surface area contributed by atoms with Crippen LogP contribution in [-0.2, 0) is 0 Å². The topological polar surface area (TPSA) is 28.2 Å². The zero-order valence-corrected chi connectivity index (χ0v) is 14.0. The van der Waals surface area contributed by atoms with Crippen molar-refractivity contribution in [2.24, 2.45) is 0 Å². The molecular formula is C16H29N3S. The fourth-order valence-corrected chi connectivity index (χ4v) is 3.96. The van der Waals surface area contributed by atoms with E-state index in [2.05, 4.69) is 37.2 Å². The number of aromatic nitrogens is 1. The van der Waals surface area contributed by atoms with Gasteiger partial charge in [0.1, 0.15) is 0 Å². The minimum Gasteiger partial charge on any atom is -0.345 e. The van der Waals surface area contributed by atoms with Gasteiger partial charge >= 0.3 is 0 Å². The van der Waals surface area contributed by atoms with Gasteiger partial charge in [-0.3, -0.25) is 0 Å². The lowest BCUT2D eigenvalue weighted by Crippen LogP contribution is -2.34. The first-order chi connectivity index (χ1) is 9.76. The second-order valence-corrected chi connectivity index (χ2v) is 6.87. The third-order valence-electron chi connectivity index (χ3n) is 4.23. The van der Waals surface area contributed by atoms with E-state index in [1.54, 1.807) is 0 Å². The van der Waals surface area contributed by atoms with Crippen LogP contribution in [0.1, 0.15) is 70.2 Å². The molecule has 2 rings (SSSR count). The second kappa shape index (κ2) is 7.99. The lowest BCUT2D eigenvalue weighted by Gasteiger charge is -2.28. The summed E-state index contributed by atoms with van der Waals surface area (Å²) in [6.07, 6.45) is 9.88. The maximum atomic E-state index is 4.71. The summed E-state index contributed by atoms with van der Waals surface area (Å²) in [5.41, 5.74) is 0. The summed E-state index contributed by atoms with van der Waals surface area (Å²) in [5.74, 6) is 0. The number of thiazole rings is 1. The summed E-state index contributed by atoms with van der Waals surface area (Å²) in [4.78, 5) is 8.64. The second-order valence-electron chi connectivity index (χ2n) is 5.83. The highest BCUT2D eigenvalue weighted by Crippen LogP contribution is 2.31. The van der Waals surface area contributed by atoms with Crippen molar-refractivity contribution in [1.29, 1.82) is 0 Å². The molecule has 0 amide bonds. The Labute approximate surface area is 127 Å². The number of hydrogen-bond acceptors (Lipinski definition) is 4. The molecule has 0 radical (unpaired) electrons. The molecule has 1 aromatic heterocycles. The molecule has 2 unspecified atom stereocenters. The van der Waals surface area contributed by atoms with E-state index in [0.717, 1.165) is 6.54 Å². The standard InChI is InChI=1S/C16H29N3S/c1-4-10-17-13(3)15-12-18-16(20-15)19-11-8-6-7-9-14(19)5-2/h12-14,17H,4-11H2,1-3H3. The number of anilines is 1. The zero-order chi connectivity index (χ0) is 14.4. The zero-order valence-electron chi connectivity index (χ0n) is 13.2. The lowest BCUT2D eigenvalue weighted by molar-refractivity contribution is 0.555. The summed E-state index contributed by atoms with van der Waals surface area (Å²) in [5, 5.41) is 4.79. The molecule has 0 aliphatic carbocycles. The maximum absolute atomic E-state index is 4.71. The van der Waals surface area contributed by atoms with Crippen LogP contribution in [0.5, 0.6) is 0 Å². The molecule has 4 heteroatoms. The Hall–Kier alpha value is -0.610. The molecule has 2 heterocycles. The molecule has 0 spiro atoms. The predicted octanol–water partition coefficient (Wildman–Crippen LogP) is 4.36. The van der Waals surface area contributed by atoms with Gasteiger partial charge in [-0.1, -0.05) is 26.7 Å². The van der Waals surface area contributed by atoms with E-state index < -0.39 is 0 Å². The van der Waals surface area contributed by atoms with E-state index >= 15 is 0 Å². The average Bonchev–Trinajstić information content (AvgIpc) is 2.83. The molecule has 0 bridgehead atoms. The lowest BCUT2D eigenvalue weighted by atomic mass is 10.1. The first-order valence-electron chi connectivity index (χ1n) is 8.22. The van der Waals surface area contributed by atoms with Crippen molar-refractivity contribution in [2.75, 3.05) is 18.0 Å². The molecule has 2 atom stereocenters. The Bertz CT molecular complexity index is 391. The molecule has 1 saturated heterocycles. The van der Waals surface area contributed by atoms with Gasteiger partial charge in [0.25, 0.3) is 0 Å². The molecule has 0 aromatic carbocycles. The normalized spacial score (nSPS) is 21.8. The molecule has 20 heavy (non-hydrogen) atoms. The smallest absolute Gasteiger partial charge is 0.185 e. The largest absolute Gasteiger partial charge is 0.345 e. The van der Waals surface area contributed by atoms with Gasteiger partial charge in [0.2, 0.25) is 0 Å². The van der Waals surface area contributed by atoms with E-state index in [1.807, 2.05) is 11.3 Å². The van der Waals surface area contributed by atoms with E-state index in [0.29, 0.717) is 12.1 Å². The fourth-order valence-electron chi connectivity index (χ4n) is 2.93. The van der Waals surface area contributed by atoms with E-state index in [9.17, 15) is 0 Å².